The number of carbonyl (C=O) groups excluding carboxylic acids is 1. The van der Waals surface area contributed by atoms with E-state index in [4.69, 9.17) is 9.72 Å². The highest BCUT2D eigenvalue weighted by Crippen LogP contribution is 2.42. The van der Waals surface area contributed by atoms with Crippen molar-refractivity contribution in [3.63, 3.8) is 0 Å². The highest BCUT2D eigenvalue weighted by atomic mass is 32.2. The Kier molecular flexibility index (Phi) is 7.03. The van der Waals surface area contributed by atoms with Crippen LogP contribution in [0.3, 0.4) is 0 Å². The monoisotopic (exact) mass is 532 g/mol. The Morgan fingerprint density at radius 1 is 1.14 bits per heavy atom. The number of benzene rings is 2. The molecule has 1 aliphatic rings. The van der Waals surface area contributed by atoms with E-state index >= 15 is 0 Å². The summed E-state index contributed by atoms with van der Waals surface area (Å²) in [7, 11) is 1.62. The van der Waals surface area contributed by atoms with Crippen LogP contribution < -0.4 is 10.3 Å². The third-order valence-corrected chi connectivity index (χ3v) is 9.40. The van der Waals surface area contributed by atoms with Crippen LogP contribution in [0.5, 0.6) is 5.75 Å². The first kappa shape index (κ1) is 25.7. The Bertz CT molecular complexity index is 1510. The van der Waals surface area contributed by atoms with Gasteiger partial charge in [0.1, 0.15) is 10.6 Å². The second kappa shape index (κ2) is 10.1. The first-order valence-electron chi connectivity index (χ1n) is 12.6. The summed E-state index contributed by atoms with van der Waals surface area (Å²) in [6, 6.07) is 15.0. The van der Waals surface area contributed by atoms with Crippen molar-refractivity contribution in [3.05, 3.63) is 80.5 Å². The van der Waals surface area contributed by atoms with Crippen molar-refractivity contribution < 1.29 is 9.53 Å². The Labute approximate surface area is 225 Å². The second-order valence-electron chi connectivity index (χ2n) is 10.8. The van der Waals surface area contributed by atoms with Crippen LogP contribution in [-0.4, -0.2) is 28.2 Å². The lowest BCUT2D eigenvalue weighted by Crippen LogP contribution is -2.27. The van der Waals surface area contributed by atoms with Crippen molar-refractivity contribution in [3.8, 4) is 11.4 Å². The summed E-state index contributed by atoms with van der Waals surface area (Å²) >= 11 is 2.96. The molecule has 7 heteroatoms. The van der Waals surface area contributed by atoms with Gasteiger partial charge in [-0.2, -0.15) is 0 Å². The minimum Gasteiger partial charge on any atom is -0.497 e. The van der Waals surface area contributed by atoms with Crippen LogP contribution in [0.25, 0.3) is 15.9 Å². The molecular formula is C30H32N2O3S2. The molecule has 0 saturated heterocycles. The van der Waals surface area contributed by atoms with Crippen molar-refractivity contribution in [1.29, 1.82) is 0 Å². The van der Waals surface area contributed by atoms with E-state index in [2.05, 4.69) is 20.8 Å². The minimum atomic E-state index is -0.0628. The number of nitrogens with zero attached hydrogens (tertiary/aromatic N) is 2. The molecule has 0 N–H and O–H groups in total. The predicted molar refractivity (Wildman–Crippen MR) is 153 cm³/mol. The van der Waals surface area contributed by atoms with Crippen molar-refractivity contribution in [2.45, 2.75) is 52.1 Å². The van der Waals surface area contributed by atoms with Crippen LogP contribution in [0.4, 0.5) is 0 Å². The van der Waals surface area contributed by atoms with Crippen molar-refractivity contribution in [1.82, 2.24) is 9.55 Å². The summed E-state index contributed by atoms with van der Waals surface area (Å²) in [6.07, 6.45) is 2.96. The van der Waals surface area contributed by atoms with Gasteiger partial charge in [0.2, 0.25) is 0 Å². The quantitative estimate of drug-likeness (QED) is 0.154. The lowest BCUT2D eigenvalue weighted by molar-refractivity contribution is 0.102. The normalized spacial score (nSPS) is 15.5. The third kappa shape index (κ3) is 5.12. The molecule has 0 saturated carbocycles. The van der Waals surface area contributed by atoms with Gasteiger partial charge >= 0.3 is 0 Å². The minimum absolute atomic E-state index is 0.0131. The van der Waals surface area contributed by atoms with E-state index < -0.39 is 0 Å². The standard InChI is InChI=1S/C30H32N2O3S2/c1-18-6-8-19(9-7-18)24(33)17-36-29-31-27-26(23-15-10-20(30(2,3)4)16-25(23)37-27)28(34)32(29)21-11-13-22(35-5)14-12-21/h6-9,11-14,20H,10,15-17H2,1-5H3. The van der Waals surface area contributed by atoms with Crippen LogP contribution in [0, 0.1) is 18.3 Å². The van der Waals surface area contributed by atoms with Crippen LogP contribution in [0.2, 0.25) is 0 Å². The summed E-state index contributed by atoms with van der Waals surface area (Å²) in [6.45, 7) is 8.89. The Hall–Kier alpha value is -2.90. The molecule has 2 aromatic heterocycles. The van der Waals surface area contributed by atoms with E-state index in [1.807, 2.05) is 55.5 Å². The van der Waals surface area contributed by atoms with Crippen LogP contribution in [0.15, 0.2) is 58.5 Å². The van der Waals surface area contributed by atoms with Gasteiger partial charge in [0.05, 0.1) is 23.9 Å². The van der Waals surface area contributed by atoms with Gasteiger partial charge < -0.3 is 4.74 Å². The molecule has 5 rings (SSSR count). The van der Waals surface area contributed by atoms with Gasteiger partial charge in [-0.15, -0.1) is 11.3 Å². The van der Waals surface area contributed by atoms with E-state index in [-0.39, 0.29) is 22.5 Å². The van der Waals surface area contributed by atoms with Gasteiger partial charge in [-0.3, -0.25) is 14.2 Å². The number of hydrogen-bond acceptors (Lipinski definition) is 6. The number of thioether (sulfide) groups is 1. The molecular weight excluding hydrogens is 500 g/mol. The Morgan fingerprint density at radius 3 is 2.49 bits per heavy atom. The maximum atomic E-state index is 14.1. The van der Waals surface area contributed by atoms with E-state index in [0.717, 1.165) is 46.4 Å². The zero-order chi connectivity index (χ0) is 26.3. The number of methoxy groups -OCH3 is 1. The van der Waals surface area contributed by atoms with Crippen LogP contribution in [-0.2, 0) is 12.8 Å². The third-order valence-electron chi connectivity index (χ3n) is 7.31. The van der Waals surface area contributed by atoms with Gasteiger partial charge in [-0.1, -0.05) is 62.4 Å². The zero-order valence-corrected chi connectivity index (χ0v) is 23.6. The maximum absolute atomic E-state index is 14.1. The highest BCUT2D eigenvalue weighted by Gasteiger charge is 2.32. The maximum Gasteiger partial charge on any atom is 0.267 e. The molecule has 0 spiro atoms. The summed E-state index contributed by atoms with van der Waals surface area (Å²) in [5.41, 5.74) is 3.81. The molecule has 0 aliphatic heterocycles. The molecule has 192 valence electrons. The fourth-order valence-electron chi connectivity index (χ4n) is 4.95. The zero-order valence-electron chi connectivity index (χ0n) is 22.0. The second-order valence-corrected chi connectivity index (χ2v) is 12.8. The lowest BCUT2D eigenvalue weighted by Gasteiger charge is -2.33. The largest absolute Gasteiger partial charge is 0.497 e. The topological polar surface area (TPSA) is 61.2 Å². The molecule has 1 aliphatic carbocycles. The highest BCUT2D eigenvalue weighted by molar-refractivity contribution is 7.99. The molecule has 0 amide bonds. The number of carbonyl (C=O) groups is 1. The SMILES string of the molecule is COc1ccc(-n2c(SCC(=O)c3ccc(C)cc3)nc3sc4c(c3c2=O)CCC(C(C)(C)C)C4)cc1. The average Bonchev–Trinajstić information content (AvgIpc) is 3.25. The number of ketones is 1. The lowest BCUT2D eigenvalue weighted by atomic mass is 9.72. The summed E-state index contributed by atoms with van der Waals surface area (Å²) in [5.74, 6) is 1.52. The molecule has 1 atom stereocenters. The smallest absolute Gasteiger partial charge is 0.267 e. The number of thiophene rings is 1. The van der Waals surface area contributed by atoms with E-state index in [1.165, 1.54) is 16.6 Å². The number of aryl methyl sites for hydroxylation is 2. The molecule has 1 unspecified atom stereocenters. The number of ether oxygens (including phenoxy) is 1. The Morgan fingerprint density at radius 2 is 1.84 bits per heavy atom. The number of hydrogen-bond donors (Lipinski definition) is 0. The van der Waals surface area contributed by atoms with Gasteiger partial charge in [-0.25, -0.2) is 4.98 Å². The molecule has 0 fully saturated rings. The fourth-order valence-corrected chi connectivity index (χ4v) is 7.20. The molecule has 2 aromatic carbocycles. The molecule has 0 radical (unpaired) electrons. The molecule has 4 aromatic rings. The van der Waals surface area contributed by atoms with Gasteiger partial charge in [-0.05, 0) is 67.3 Å². The number of aromatic nitrogens is 2. The molecule has 37 heavy (non-hydrogen) atoms. The fraction of sp³-hybridized carbons (Fsp3) is 0.367. The van der Waals surface area contributed by atoms with Gasteiger partial charge in [0.15, 0.2) is 10.9 Å². The number of Topliss-reactive ketones (excluding diaryl/α,β-unsaturated/α-hetero) is 1. The van der Waals surface area contributed by atoms with Crippen molar-refractivity contribution >= 4 is 39.1 Å². The number of fused-ring (bicyclic) bond motifs is 3. The molecule has 0 bridgehead atoms. The van der Waals surface area contributed by atoms with Crippen LogP contribution in [0.1, 0.15) is 53.6 Å². The number of rotatable bonds is 6. The first-order valence-corrected chi connectivity index (χ1v) is 14.4. The average molecular weight is 533 g/mol. The first-order chi connectivity index (χ1) is 17.7. The summed E-state index contributed by atoms with van der Waals surface area (Å²) in [5, 5.41) is 1.27. The Balaban J connectivity index is 1.58. The van der Waals surface area contributed by atoms with Gasteiger partial charge in [0, 0.05) is 10.4 Å². The van der Waals surface area contributed by atoms with E-state index in [0.29, 0.717) is 22.3 Å². The van der Waals surface area contributed by atoms with Crippen molar-refractivity contribution in [2.75, 3.05) is 12.9 Å². The van der Waals surface area contributed by atoms with Gasteiger partial charge in [0.25, 0.3) is 5.56 Å². The molecule has 2 heterocycles. The predicted octanol–water partition coefficient (Wildman–Crippen LogP) is 6.89. The van der Waals surface area contributed by atoms with E-state index in [9.17, 15) is 9.59 Å². The molecule has 5 nitrogen and oxygen atoms in total. The summed E-state index contributed by atoms with van der Waals surface area (Å²) < 4.78 is 6.98. The summed E-state index contributed by atoms with van der Waals surface area (Å²) in [4.78, 5) is 34.1. The van der Waals surface area contributed by atoms with E-state index in [1.54, 1.807) is 23.0 Å². The van der Waals surface area contributed by atoms with Crippen LogP contribution >= 0.6 is 23.1 Å². The van der Waals surface area contributed by atoms with Crippen molar-refractivity contribution in [2.24, 2.45) is 11.3 Å².